The van der Waals surface area contributed by atoms with E-state index in [9.17, 15) is 20.0 Å². The number of aromatic carboxylic acids is 1. The molecule has 0 aliphatic carbocycles. The summed E-state index contributed by atoms with van der Waals surface area (Å²) in [6.45, 7) is 2.22. The van der Waals surface area contributed by atoms with Gasteiger partial charge in [0.2, 0.25) is 0 Å². The SMILES string of the molecule is CN1CCC(NCc2cccc([N+](=O)[O-])c2C(=O)O)C1. The van der Waals surface area contributed by atoms with Crippen molar-refractivity contribution in [2.24, 2.45) is 0 Å². The van der Waals surface area contributed by atoms with Gasteiger partial charge in [0.05, 0.1) is 4.92 Å². The van der Waals surface area contributed by atoms with Crippen LogP contribution in [0.15, 0.2) is 18.2 Å². The second-order valence-electron chi connectivity index (χ2n) is 5.00. The number of nitro benzene ring substituents is 1. The molecular weight excluding hydrogens is 262 g/mol. The number of nitro groups is 1. The molecule has 1 aliphatic rings. The Balaban J connectivity index is 2.16. The van der Waals surface area contributed by atoms with Gasteiger partial charge < -0.3 is 15.3 Å². The highest BCUT2D eigenvalue weighted by Crippen LogP contribution is 2.22. The van der Waals surface area contributed by atoms with Crippen molar-refractivity contribution in [2.45, 2.75) is 19.0 Å². The average molecular weight is 279 g/mol. The number of hydrogen-bond donors (Lipinski definition) is 2. The fourth-order valence-electron chi connectivity index (χ4n) is 2.49. The third-order valence-electron chi connectivity index (χ3n) is 3.51. The minimum Gasteiger partial charge on any atom is -0.477 e. The molecule has 0 bridgehead atoms. The van der Waals surface area contributed by atoms with Gasteiger partial charge in [0, 0.05) is 25.2 Å². The van der Waals surface area contributed by atoms with Gasteiger partial charge in [0.1, 0.15) is 5.56 Å². The molecule has 2 N–H and O–H groups in total. The number of carboxylic acid groups (broad SMARTS) is 1. The molecule has 1 aliphatic heterocycles. The minimum absolute atomic E-state index is 0.226. The summed E-state index contributed by atoms with van der Waals surface area (Å²) in [5, 5.41) is 23.3. The summed E-state index contributed by atoms with van der Waals surface area (Å²) < 4.78 is 0. The number of nitrogens with zero attached hydrogens (tertiary/aromatic N) is 2. The number of likely N-dealkylation sites (N-methyl/N-ethyl adjacent to an activating group) is 1. The van der Waals surface area contributed by atoms with Crippen LogP contribution < -0.4 is 5.32 Å². The van der Waals surface area contributed by atoms with Crippen molar-refractivity contribution >= 4 is 11.7 Å². The van der Waals surface area contributed by atoms with Crippen LogP contribution in [0, 0.1) is 10.1 Å². The highest BCUT2D eigenvalue weighted by atomic mass is 16.6. The van der Waals surface area contributed by atoms with E-state index in [4.69, 9.17) is 0 Å². The van der Waals surface area contributed by atoms with Gasteiger partial charge in [-0.25, -0.2) is 4.79 Å². The fraction of sp³-hybridized carbons (Fsp3) is 0.462. The lowest BCUT2D eigenvalue weighted by Gasteiger charge is -2.14. The van der Waals surface area contributed by atoms with Crippen LogP contribution in [-0.4, -0.2) is 47.1 Å². The lowest BCUT2D eigenvalue weighted by Crippen LogP contribution is -2.31. The molecule has 0 spiro atoms. The van der Waals surface area contributed by atoms with Crippen LogP contribution in [-0.2, 0) is 6.54 Å². The zero-order valence-electron chi connectivity index (χ0n) is 11.2. The van der Waals surface area contributed by atoms with Crippen LogP contribution >= 0.6 is 0 Å². The molecule has 1 atom stereocenters. The Kier molecular flexibility index (Phi) is 4.31. The fourth-order valence-corrected chi connectivity index (χ4v) is 2.49. The van der Waals surface area contributed by atoms with Crippen LogP contribution in [0.25, 0.3) is 0 Å². The molecule has 1 heterocycles. The molecule has 1 unspecified atom stereocenters. The molecule has 0 radical (unpaired) electrons. The third-order valence-corrected chi connectivity index (χ3v) is 3.51. The van der Waals surface area contributed by atoms with Crippen molar-refractivity contribution in [1.29, 1.82) is 0 Å². The average Bonchev–Trinajstić information content (AvgIpc) is 2.81. The van der Waals surface area contributed by atoms with Gasteiger partial charge >= 0.3 is 5.97 Å². The van der Waals surface area contributed by atoms with Crippen molar-refractivity contribution in [3.05, 3.63) is 39.4 Å². The largest absolute Gasteiger partial charge is 0.477 e. The van der Waals surface area contributed by atoms with E-state index >= 15 is 0 Å². The van der Waals surface area contributed by atoms with Crippen molar-refractivity contribution in [3.63, 3.8) is 0 Å². The Hall–Kier alpha value is -1.99. The van der Waals surface area contributed by atoms with E-state index in [-0.39, 0.29) is 11.3 Å². The van der Waals surface area contributed by atoms with Crippen LogP contribution in [0.1, 0.15) is 22.3 Å². The van der Waals surface area contributed by atoms with E-state index in [1.54, 1.807) is 6.07 Å². The number of likely N-dealkylation sites (tertiary alicyclic amines) is 1. The highest BCUT2D eigenvalue weighted by molar-refractivity contribution is 5.94. The van der Waals surface area contributed by atoms with E-state index in [2.05, 4.69) is 10.2 Å². The first-order valence-electron chi connectivity index (χ1n) is 6.40. The lowest BCUT2D eigenvalue weighted by atomic mass is 10.0. The lowest BCUT2D eigenvalue weighted by molar-refractivity contribution is -0.385. The van der Waals surface area contributed by atoms with Crippen molar-refractivity contribution in [2.75, 3.05) is 20.1 Å². The van der Waals surface area contributed by atoms with Gasteiger partial charge in [0.15, 0.2) is 0 Å². The van der Waals surface area contributed by atoms with E-state index in [1.165, 1.54) is 12.1 Å². The minimum atomic E-state index is -1.27. The first-order chi connectivity index (χ1) is 9.49. The van der Waals surface area contributed by atoms with Gasteiger partial charge in [-0.2, -0.15) is 0 Å². The molecule has 1 aromatic carbocycles. The van der Waals surface area contributed by atoms with Crippen LogP contribution in [0.2, 0.25) is 0 Å². The molecule has 2 rings (SSSR count). The number of rotatable bonds is 5. The normalized spacial score (nSPS) is 19.1. The summed E-state index contributed by atoms with van der Waals surface area (Å²) >= 11 is 0. The summed E-state index contributed by atoms with van der Waals surface area (Å²) in [4.78, 5) is 23.7. The maximum Gasteiger partial charge on any atom is 0.343 e. The van der Waals surface area contributed by atoms with Gasteiger partial charge in [-0.3, -0.25) is 10.1 Å². The van der Waals surface area contributed by atoms with Crippen molar-refractivity contribution in [3.8, 4) is 0 Å². The zero-order chi connectivity index (χ0) is 14.7. The Labute approximate surface area is 116 Å². The van der Waals surface area contributed by atoms with Gasteiger partial charge in [-0.1, -0.05) is 12.1 Å². The standard InChI is InChI=1S/C13H17N3O4/c1-15-6-5-10(8-15)14-7-9-3-2-4-11(16(19)20)12(9)13(17)18/h2-4,10,14H,5-8H2,1H3,(H,17,18). The van der Waals surface area contributed by atoms with Gasteiger partial charge in [0.25, 0.3) is 5.69 Å². The van der Waals surface area contributed by atoms with Crippen LogP contribution in [0.3, 0.4) is 0 Å². The van der Waals surface area contributed by atoms with E-state index in [1.807, 2.05) is 7.05 Å². The molecule has 0 aromatic heterocycles. The molecule has 108 valence electrons. The predicted molar refractivity (Wildman–Crippen MR) is 72.8 cm³/mol. The van der Waals surface area contributed by atoms with E-state index < -0.39 is 10.9 Å². The topological polar surface area (TPSA) is 95.7 Å². The van der Waals surface area contributed by atoms with Gasteiger partial charge in [-0.15, -0.1) is 0 Å². The predicted octanol–water partition coefficient (Wildman–Crippen LogP) is 1.09. The molecule has 1 saturated heterocycles. The highest BCUT2D eigenvalue weighted by Gasteiger charge is 2.24. The number of nitrogens with one attached hydrogen (secondary N) is 1. The van der Waals surface area contributed by atoms with Crippen LogP contribution in [0.5, 0.6) is 0 Å². The summed E-state index contributed by atoms with van der Waals surface area (Å²) in [5.74, 6) is -1.27. The third kappa shape index (κ3) is 3.12. The Bertz CT molecular complexity index is 532. The molecule has 7 nitrogen and oxygen atoms in total. The number of carbonyl (C=O) groups is 1. The molecular formula is C13H17N3O4. The first-order valence-corrected chi connectivity index (χ1v) is 6.40. The summed E-state index contributed by atoms with van der Waals surface area (Å²) in [7, 11) is 2.03. The Morgan fingerprint density at radius 3 is 2.90 bits per heavy atom. The first kappa shape index (κ1) is 14.4. The second-order valence-corrected chi connectivity index (χ2v) is 5.00. The molecule has 1 fully saturated rings. The summed E-state index contributed by atoms with van der Waals surface area (Å²) in [6, 6.07) is 4.64. The Morgan fingerprint density at radius 1 is 1.60 bits per heavy atom. The number of hydrogen-bond acceptors (Lipinski definition) is 5. The Morgan fingerprint density at radius 2 is 2.35 bits per heavy atom. The summed E-state index contributed by atoms with van der Waals surface area (Å²) in [6.07, 6.45) is 0.994. The number of carboxylic acids is 1. The maximum atomic E-state index is 11.3. The zero-order valence-corrected chi connectivity index (χ0v) is 11.2. The molecule has 0 saturated carbocycles. The second kappa shape index (κ2) is 5.98. The van der Waals surface area contributed by atoms with Crippen molar-refractivity contribution in [1.82, 2.24) is 10.2 Å². The number of benzene rings is 1. The summed E-state index contributed by atoms with van der Waals surface area (Å²) in [5.41, 5.74) is -0.141. The van der Waals surface area contributed by atoms with E-state index in [0.29, 0.717) is 18.2 Å². The molecule has 7 heteroatoms. The molecule has 20 heavy (non-hydrogen) atoms. The monoisotopic (exact) mass is 279 g/mol. The van der Waals surface area contributed by atoms with Gasteiger partial charge in [-0.05, 0) is 25.6 Å². The molecule has 1 aromatic rings. The van der Waals surface area contributed by atoms with Crippen LogP contribution in [0.4, 0.5) is 5.69 Å². The maximum absolute atomic E-state index is 11.3. The van der Waals surface area contributed by atoms with Crippen molar-refractivity contribution < 1.29 is 14.8 Å². The molecule has 0 amide bonds. The smallest absolute Gasteiger partial charge is 0.343 e. The quantitative estimate of drug-likeness (QED) is 0.618. The van der Waals surface area contributed by atoms with E-state index in [0.717, 1.165) is 19.5 Å².